The molecule has 0 bridgehead atoms. The van der Waals surface area contributed by atoms with Crippen molar-refractivity contribution >= 4 is 5.97 Å². The maximum Gasteiger partial charge on any atom is 0.345 e. The number of nitrogens with zero attached hydrogens (tertiary/aromatic N) is 2. The Kier molecular flexibility index (Phi) is 3.39. The van der Waals surface area contributed by atoms with Crippen LogP contribution in [-0.2, 0) is 4.74 Å². The van der Waals surface area contributed by atoms with E-state index in [-0.39, 0.29) is 12.2 Å². The Morgan fingerprint density at radius 1 is 1.44 bits per heavy atom. The van der Waals surface area contributed by atoms with Gasteiger partial charge in [-0.05, 0) is 6.92 Å². The molecule has 0 N–H and O–H groups in total. The van der Waals surface area contributed by atoms with Gasteiger partial charge in [0.2, 0.25) is 0 Å². The molecule has 1 aromatic carbocycles. The summed E-state index contributed by atoms with van der Waals surface area (Å²) >= 11 is 0. The molecule has 0 saturated carbocycles. The zero-order valence-corrected chi connectivity index (χ0v) is 9.71. The third kappa shape index (κ3) is 2.23. The van der Waals surface area contributed by atoms with Crippen molar-refractivity contribution < 1.29 is 14.1 Å². The summed E-state index contributed by atoms with van der Waals surface area (Å²) in [6, 6.07) is 10.9. The molecular formula is C13H10N2O3. The van der Waals surface area contributed by atoms with Crippen LogP contribution >= 0.6 is 0 Å². The van der Waals surface area contributed by atoms with Crippen LogP contribution in [0.2, 0.25) is 0 Å². The van der Waals surface area contributed by atoms with E-state index >= 15 is 0 Å². The van der Waals surface area contributed by atoms with Gasteiger partial charge in [-0.15, -0.1) is 0 Å². The van der Waals surface area contributed by atoms with Gasteiger partial charge in [-0.2, -0.15) is 5.26 Å². The van der Waals surface area contributed by atoms with E-state index in [0.29, 0.717) is 11.5 Å². The van der Waals surface area contributed by atoms with Crippen LogP contribution in [0.5, 0.6) is 0 Å². The molecule has 0 aliphatic heterocycles. The monoisotopic (exact) mass is 242 g/mol. The third-order valence-corrected chi connectivity index (χ3v) is 2.38. The number of aromatic nitrogens is 1. The van der Waals surface area contributed by atoms with E-state index in [1.807, 2.05) is 30.3 Å². The van der Waals surface area contributed by atoms with Gasteiger partial charge in [-0.1, -0.05) is 35.5 Å². The third-order valence-electron chi connectivity index (χ3n) is 2.38. The predicted octanol–water partition coefficient (Wildman–Crippen LogP) is 2.33. The fraction of sp³-hybridized carbons (Fsp3) is 0.154. The number of benzene rings is 1. The zero-order chi connectivity index (χ0) is 13.0. The molecule has 0 aliphatic rings. The molecule has 0 aliphatic carbocycles. The highest BCUT2D eigenvalue weighted by atomic mass is 16.5. The fourth-order valence-electron chi connectivity index (χ4n) is 1.58. The average Bonchev–Trinajstić information content (AvgIpc) is 2.79. The summed E-state index contributed by atoms with van der Waals surface area (Å²) in [6.45, 7) is 1.33. The molecule has 1 heterocycles. The van der Waals surface area contributed by atoms with Crippen molar-refractivity contribution in [1.82, 2.24) is 5.16 Å². The maximum absolute atomic E-state index is 11.8. The Morgan fingerprint density at radius 2 is 2.17 bits per heavy atom. The number of rotatable bonds is 3. The van der Waals surface area contributed by atoms with E-state index in [9.17, 15) is 4.79 Å². The highest BCUT2D eigenvalue weighted by Crippen LogP contribution is 2.25. The predicted molar refractivity (Wildman–Crippen MR) is 62.6 cm³/mol. The largest absolute Gasteiger partial charge is 0.447 e. The molecule has 0 spiro atoms. The topological polar surface area (TPSA) is 76.1 Å². The minimum Gasteiger partial charge on any atom is -0.447 e. The first kappa shape index (κ1) is 11.9. The van der Waals surface area contributed by atoms with Gasteiger partial charge in [-0.25, -0.2) is 4.79 Å². The molecular weight excluding hydrogens is 232 g/mol. The van der Waals surface area contributed by atoms with Gasteiger partial charge in [-0.3, -0.25) is 0 Å². The second kappa shape index (κ2) is 5.15. The van der Waals surface area contributed by atoms with Crippen molar-refractivity contribution in [2.75, 3.05) is 6.61 Å². The van der Waals surface area contributed by atoms with Gasteiger partial charge in [0.25, 0.3) is 0 Å². The molecule has 2 rings (SSSR count). The molecule has 0 unspecified atom stereocenters. The summed E-state index contributed by atoms with van der Waals surface area (Å²) < 4.78 is 9.80. The van der Waals surface area contributed by atoms with Crippen LogP contribution in [0.25, 0.3) is 11.3 Å². The Morgan fingerprint density at radius 3 is 2.83 bits per heavy atom. The van der Waals surface area contributed by atoms with E-state index < -0.39 is 5.97 Å². The number of nitriles is 1. The quantitative estimate of drug-likeness (QED) is 0.772. The van der Waals surface area contributed by atoms with Crippen LogP contribution in [-0.4, -0.2) is 17.7 Å². The van der Waals surface area contributed by atoms with Crippen molar-refractivity contribution in [2.24, 2.45) is 0 Å². The summed E-state index contributed by atoms with van der Waals surface area (Å²) in [4.78, 5) is 11.8. The molecule has 0 atom stereocenters. The van der Waals surface area contributed by atoms with Crippen LogP contribution in [0.1, 0.15) is 16.1 Å². The van der Waals surface area contributed by atoms with Crippen molar-refractivity contribution in [3.63, 3.8) is 0 Å². The number of hydrogen-bond acceptors (Lipinski definition) is 5. The second-order valence-corrected chi connectivity index (χ2v) is 3.56. The molecule has 1 aromatic heterocycles. The Balaban J connectivity index is 2.40. The molecule has 5 heteroatoms. The second-order valence-electron chi connectivity index (χ2n) is 3.56. The minimum atomic E-state index is -0.603. The lowest BCUT2D eigenvalue weighted by molar-refractivity contribution is 0.0554. The molecule has 0 saturated heterocycles. The molecule has 0 amide bonds. The van der Waals surface area contributed by atoms with E-state index in [4.69, 9.17) is 14.5 Å². The summed E-state index contributed by atoms with van der Waals surface area (Å²) in [5, 5.41) is 12.3. The lowest BCUT2D eigenvalue weighted by atomic mass is 10.1. The van der Waals surface area contributed by atoms with Gasteiger partial charge in [0, 0.05) is 5.56 Å². The summed E-state index contributed by atoms with van der Waals surface area (Å²) in [6.07, 6.45) is 0. The molecule has 90 valence electrons. The summed E-state index contributed by atoms with van der Waals surface area (Å²) in [7, 11) is 0. The first-order valence-electron chi connectivity index (χ1n) is 5.30. The zero-order valence-electron chi connectivity index (χ0n) is 9.71. The van der Waals surface area contributed by atoms with Crippen molar-refractivity contribution in [2.45, 2.75) is 6.92 Å². The summed E-state index contributed by atoms with van der Waals surface area (Å²) in [5.41, 5.74) is 1.45. The van der Waals surface area contributed by atoms with Crippen molar-refractivity contribution in [3.8, 4) is 17.3 Å². The van der Waals surface area contributed by atoms with Gasteiger partial charge in [0.05, 0.1) is 0 Å². The molecule has 5 nitrogen and oxygen atoms in total. The van der Waals surface area contributed by atoms with E-state index in [0.717, 1.165) is 5.56 Å². The molecule has 18 heavy (non-hydrogen) atoms. The molecule has 0 fully saturated rings. The van der Waals surface area contributed by atoms with Gasteiger partial charge < -0.3 is 9.26 Å². The lowest BCUT2D eigenvalue weighted by Gasteiger charge is -2.01. The number of esters is 1. The van der Waals surface area contributed by atoms with Crippen LogP contribution < -0.4 is 0 Å². The first-order valence-corrected chi connectivity index (χ1v) is 5.30. The number of hydrogen-bond donors (Lipinski definition) is 0. The standard InChI is InChI=1S/C13H10N2O3/c1-9-11(13(16)17-8-7-14)12(15-18-9)10-5-3-2-4-6-10/h2-6H,8H2,1H3. The summed E-state index contributed by atoms with van der Waals surface area (Å²) in [5.74, 6) is -0.231. The van der Waals surface area contributed by atoms with Crippen LogP contribution in [0, 0.1) is 18.3 Å². The van der Waals surface area contributed by atoms with Crippen molar-refractivity contribution in [1.29, 1.82) is 5.26 Å². The smallest absolute Gasteiger partial charge is 0.345 e. The van der Waals surface area contributed by atoms with E-state index in [1.165, 1.54) is 0 Å². The van der Waals surface area contributed by atoms with Gasteiger partial charge in [0.1, 0.15) is 23.1 Å². The van der Waals surface area contributed by atoms with Gasteiger partial charge >= 0.3 is 5.97 Å². The highest BCUT2D eigenvalue weighted by Gasteiger charge is 2.22. The minimum absolute atomic E-state index is 0.261. The highest BCUT2D eigenvalue weighted by molar-refractivity contribution is 5.97. The van der Waals surface area contributed by atoms with E-state index in [1.54, 1.807) is 13.0 Å². The number of carbonyl (C=O) groups excluding carboxylic acids is 1. The molecule has 0 radical (unpaired) electrons. The average molecular weight is 242 g/mol. The maximum atomic E-state index is 11.8. The number of aryl methyl sites for hydroxylation is 1. The van der Waals surface area contributed by atoms with Crippen LogP contribution in [0.4, 0.5) is 0 Å². The Bertz CT molecular complexity index is 596. The lowest BCUT2D eigenvalue weighted by Crippen LogP contribution is -2.07. The number of ether oxygens (including phenoxy) is 1. The normalized spacial score (nSPS) is 9.78. The molecule has 2 aromatic rings. The SMILES string of the molecule is Cc1onc(-c2ccccc2)c1C(=O)OCC#N. The van der Waals surface area contributed by atoms with Gasteiger partial charge in [0.15, 0.2) is 6.61 Å². The first-order chi connectivity index (χ1) is 8.74. The Labute approximate surface area is 104 Å². The van der Waals surface area contributed by atoms with Crippen molar-refractivity contribution in [3.05, 3.63) is 41.7 Å². The van der Waals surface area contributed by atoms with E-state index in [2.05, 4.69) is 5.16 Å². The Hall–Kier alpha value is -2.61. The number of carbonyl (C=O) groups is 1. The fourth-order valence-corrected chi connectivity index (χ4v) is 1.58. The van der Waals surface area contributed by atoms with Crippen LogP contribution in [0.3, 0.4) is 0 Å². The van der Waals surface area contributed by atoms with Crippen LogP contribution in [0.15, 0.2) is 34.9 Å².